The predicted octanol–water partition coefficient (Wildman–Crippen LogP) is 3.65. The molecule has 1 fully saturated rings. The van der Waals surface area contributed by atoms with E-state index in [9.17, 15) is 5.11 Å². The van der Waals surface area contributed by atoms with Crippen molar-refractivity contribution in [3.8, 4) is 11.1 Å². The predicted molar refractivity (Wildman–Crippen MR) is 92.3 cm³/mol. The lowest BCUT2D eigenvalue weighted by atomic mass is 9.83. The molecule has 0 amide bonds. The van der Waals surface area contributed by atoms with E-state index in [1.807, 2.05) is 39.0 Å². The van der Waals surface area contributed by atoms with E-state index in [1.54, 1.807) is 0 Å². The average Bonchev–Trinajstić information content (AvgIpc) is 2.82. The molecule has 1 saturated carbocycles. The lowest BCUT2D eigenvalue weighted by Crippen LogP contribution is -2.35. The van der Waals surface area contributed by atoms with Crippen LogP contribution in [-0.2, 0) is 0 Å². The molecule has 5 nitrogen and oxygen atoms in total. The van der Waals surface area contributed by atoms with Gasteiger partial charge in [0, 0.05) is 11.6 Å². The minimum Gasteiger partial charge on any atom is -0.397 e. The summed E-state index contributed by atoms with van der Waals surface area (Å²) in [6.07, 6.45) is 3.56. The molecular weight excluding hydrogens is 290 g/mol. The highest BCUT2D eigenvalue weighted by Gasteiger charge is 2.28. The van der Waals surface area contributed by atoms with Gasteiger partial charge in [0.05, 0.1) is 22.7 Å². The van der Waals surface area contributed by atoms with Crippen molar-refractivity contribution < 1.29 is 9.63 Å². The number of hydrogen-bond acceptors (Lipinski definition) is 5. The third-order valence-electron chi connectivity index (χ3n) is 4.80. The van der Waals surface area contributed by atoms with Gasteiger partial charge in [0.1, 0.15) is 5.76 Å². The third-order valence-corrected chi connectivity index (χ3v) is 4.80. The van der Waals surface area contributed by atoms with Gasteiger partial charge in [-0.2, -0.15) is 0 Å². The van der Waals surface area contributed by atoms with Crippen molar-refractivity contribution in [1.82, 2.24) is 5.16 Å². The summed E-state index contributed by atoms with van der Waals surface area (Å²) >= 11 is 0. The highest BCUT2D eigenvalue weighted by Crippen LogP contribution is 2.34. The zero-order valence-corrected chi connectivity index (χ0v) is 14.0. The Morgan fingerprint density at radius 1 is 1.30 bits per heavy atom. The molecule has 23 heavy (non-hydrogen) atoms. The van der Waals surface area contributed by atoms with Crippen molar-refractivity contribution in [3.63, 3.8) is 0 Å². The Morgan fingerprint density at radius 3 is 2.57 bits per heavy atom. The van der Waals surface area contributed by atoms with E-state index in [0.29, 0.717) is 6.04 Å². The third kappa shape index (κ3) is 3.34. The van der Waals surface area contributed by atoms with Crippen LogP contribution in [0.2, 0.25) is 0 Å². The van der Waals surface area contributed by atoms with Crippen LogP contribution in [0.25, 0.3) is 11.1 Å². The van der Waals surface area contributed by atoms with Gasteiger partial charge in [0.25, 0.3) is 0 Å². The van der Waals surface area contributed by atoms with Gasteiger partial charge in [-0.15, -0.1) is 0 Å². The van der Waals surface area contributed by atoms with Crippen LogP contribution in [0.15, 0.2) is 22.7 Å². The zero-order valence-electron chi connectivity index (χ0n) is 14.0. The highest BCUT2D eigenvalue weighted by molar-refractivity contribution is 5.77. The first-order chi connectivity index (χ1) is 10.9. The Bertz CT molecular complexity index is 677. The van der Waals surface area contributed by atoms with Gasteiger partial charge in [-0.05, 0) is 64.2 Å². The van der Waals surface area contributed by atoms with E-state index in [4.69, 9.17) is 10.3 Å². The number of anilines is 2. The summed E-state index contributed by atoms with van der Waals surface area (Å²) in [5.41, 5.74) is 10.3. The first kappa shape index (κ1) is 15.9. The van der Waals surface area contributed by atoms with E-state index >= 15 is 0 Å². The molecule has 4 N–H and O–H groups in total. The van der Waals surface area contributed by atoms with Gasteiger partial charge in [-0.1, -0.05) is 11.2 Å². The maximum Gasteiger partial charge on any atom is 0.141 e. The van der Waals surface area contributed by atoms with Crippen LogP contribution in [-0.4, -0.2) is 21.9 Å². The van der Waals surface area contributed by atoms with Crippen LogP contribution in [0.3, 0.4) is 0 Å². The fraction of sp³-hybridized carbons (Fsp3) is 0.500. The molecule has 2 aromatic rings. The van der Waals surface area contributed by atoms with Gasteiger partial charge in [0.2, 0.25) is 0 Å². The van der Waals surface area contributed by atoms with Crippen LogP contribution in [0.4, 0.5) is 11.4 Å². The number of aliphatic hydroxyl groups is 1. The molecule has 0 atom stereocenters. The molecule has 1 aliphatic rings. The van der Waals surface area contributed by atoms with Gasteiger partial charge < -0.3 is 20.7 Å². The molecule has 0 saturated heterocycles. The molecule has 0 bridgehead atoms. The van der Waals surface area contributed by atoms with Crippen LogP contribution in [0, 0.1) is 13.8 Å². The average molecular weight is 315 g/mol. The summed E-state index contributed by atoms with van der Waals surface area (Å²) in [6, 6.07) is 6.39. The Kier molecular flexibility index (Phi) is 4.06. The molecule has 1 aliphatic carbocycles. The number of aryl methyl sites for hydroxylation is 2. The van der Waals surface area contributed by atoms with Gasteiger partial charge >= 0.3 is 0 Å². The van der Waals surface area contributed by atoms with Crippen LogP contribution in [0.1, 0.15) is 44.1 Å². The van der Waals surface area contributed by atoms with Gasteiger partial charge in [0.15, 0.2) is 0 Å². The number of nitrogens with zero attached hydrogens (tertiary/aromatic N) is 1. The minimum absolute atomic E-state index is 0.363. The fourth-order valence-electron chi connectivity index (χ4n) is 3.35. The number of nitrogens with one attached hydrogen (secondary N) is 1. The standard InChI is InChI=1S/C18H25N3O2/c1-11-17(12(2)23-21-11)13-4-5-16(15(19)10-13)20-14-6-8-18(3,22)9-7-14/h4-5,10,14,20,22H,6-9,19H2,1-3H3. The largest absolute Gasteiger partial charge is 0.397 e. The normalized spacial score (nSPS) is 24.6. The Hall–Kier alpha value is -2.01. The zero-order chi connectivity index (χ0) is 16.6. The molecule has 3 rings (SSSR count). The Balaban J connectivity index is 1.76. The summed E-state index contributed by atoms with van der Waals surface area (Å²) in [7, 11) is 0. The molecule has 0 radical (unpaired) electrons. The SMILES string of the molecule is Cc1noc(C)c1-c1ccc(NC2CCC(C)(O)CC2)c(N)c1. The number of nitrogen functional groups attached to an aromatic ring is 1. The number of hydrogen-bond donors (Lipinski definition) is 3. The number of benzene rings is 1. The van der Waals surface area contributed by atoms with Crippen molar-refractivity contribution in [1.29, 1.82) is 0 Å². The monoisotopic (exact) mass is 315 g/mol. The quantitative estimate of drug-likeness (QED) is 0.753. The molecule has 0 aliphatic heterocycles. The fourth-order valence-corrected chi connectivity index (χ4v) is 3.35. The maximum atomic E-state index is 10.0. The van der Waals surface area contributed by atoms with E-state index in [-0.39, 0.29) is 0 Å². The maximum absolute atomic E-state index is 10.0. The van der Waals surface area contributed by atoms with Crippen LogP contribution < -0.4 is 11.1 Å². The van der Waals surface area contributed by atoms with Crippen LogP contribution in [0.5, 0.6) is 0 Å². The smallest absolute Gasteiger partial charge is 0.141 e. The molecule has 5 heteroatoms. The highest BCUT2D eigenvalue weighted by atomic mass is 16.5. The van der Waals surface area contributed by atoms with E-state index in [2.05, 4.69) is 10.5 Å². The molecule has 124 valence electrons. The number of aromatic nitrogens is 1. The second-order valence-electron chi connectivity index (χ2n) is 6.92. The summed E-state index contributed by atoms with van der Waals surface area (Å²) in [6.45, 7) is 5.75. The van der Waals surface area contributed by atoms with Gasteiger partial charge in [-0.3, -0.25) is 0 Å². The van der Waals surface area contributed by atoms with Gasteiger partial charge in [-0.25, -0.2) is 0 Å². The molecular formula is C18H25N3O2. The van der Waals surface area contributed by atoms with E-state index < -0.39 is 5.60 Å². The minimum atomic E-state index is -0.517. The number of nitrogens with two attached hydrogens (primary N) is 1. The molecule has 0 spiro atoms. The van der Waals surface area contributed by atoms with E-state index in [0.717, 1.165) is 59.6 Å². The summed E-state index contributed by atoms with van der Waals surface area (Å²) in [5.74, 6) is 0.803. The lowest BCUT2D eigenvalue weighted by Gasteiger charge is -2.34. The molecule has 1 heterocycles. The van der Waals surface area contributed by atoms with Crippen molar-refractivity contribution in [2.45, 2.75) is 58.1 Å². The van der Waals surface area contributed by atoms with Crippen LogP contribution >= 0.6 is 0 Å². The first-order valence-corrected chi connectivity index (χ1v) is 8.17. The Morgan fingerprint density at radius 2 is 2.00 bits per heavy atom. The second kappa shape index (κ2) is 5.89. The molecule has 1 aromatic heterocycles. The first-order valence-electron chi connectivity index (χ1n) is 8.17. The van der Waals surface area contributed by atoms with Crippen molar-refractivity contribution in [3.05, 3.63) is 29.7 Å². The lowest BCUT2D eigenvalue weighted by molar-refractivity contribution is 0.0196. The number of rotatable bonds is 3. The summed E-state index contributed by atoms with van der Waals surface area (Å²) in [5, 5.41) is 17.5. The second-order valence-corrected chi connectivity index (χ2v) is 6.92. The van der Waals surface area contributed by atoms with Crippen molar-refractivity contribution in [2.75, 3.05) is 11.1 Å². The van der Waals surface area contributed by atoms with Crippen molar-refractivity contribution >= 4 is 11.4 Å². The summed E-state index contributed by atoms with van der Waals surface area (Å²) < 4.78 is 5.23. The van der Waals surface area contributed by atoms with Crippen molar-refractivity contribution in [2.24, 2.45) is 0 Å². The van der Waals surface area contributed by atoms with E-state index in [1.165, 1.54) is 0 Å². The molecule has 0 unspecified atom stereocenters. The Labute approximate surface area is 136 Å². The summed E-state index contributed by atoms with van der Waals surface area (Å²) in [4.78, 5) is 0. The molecule has 1 aromatic carbocycles. The topological polar surface area (TPSA) is 84.3 Å².